The van der Waals surface area contributed by atoms with Crippen LogP contribution in [-0.4, -0.2) is 13.3 Å². The van der Waals surface area contributed by atoms with Gasteiger partial charge in [0.05, 0.1) is 0 Å². The second-order valence-electron chi connectivity index (χ2n) is 4.14. The lowest BCUT2D eigenvalue weighted by atomic mass is 10.1. The van der Waals surface area contributed by atoms with E-state index < -0.39 is 0 Å². The Hall–Kier alpha value is -2.03. The number of anilines is 2. The van der Waals surface area contributed by atoms with E-state index in [1.54, 1.807) is 12.1 Å². The number of rotatable bonds is 3. The Bertz CT molecular complexity index is 543. The molecule has 0 spiro atoms. The third kappa shape index (κ3) is 2.23. The van der Waals surface area contributed by atoms with Crippen LogP contribution in [0, 0.1) is 13.8 Å². The summed E-state index contributed by atoms with van der Waals surface area (Å²) in [6.07, 6.45) is 0.708. The number of aldehydes is 1. The first-order chi connectivity index (χ1) is 8.11. The highest BCUT2D eigenvalue weighted by Gasteiger charge is 2.10. The zero-order chi connectivity index (χ0) is 12.4. The highest BCUT2D eigenvalue weighted by atomic mass is 16.4. The Labute approximate surface area is 101 Å². The summed E-state index contributed by atoms with van der Waals surface area (Å²) in [5, 5.41) is 0. The molecule has 0 amide bonds. The number of carbonyl (C=O) groups excluding carboxylic acids is 1. The average molecular weight is 229 g/mol. The smallest absolute Gasteiger partial charge is 0.200 e. The first-order valence-corrected chi connectivity index (χ1v) is 5.48. The van der Waals surface area contributed by atoms with Gasteiger partial charge in [0.2, 0.25) is 0 Å². The van der Waals surface area contributed by atoms with Crippen molar-refractivity contribution in [2.24, 2.45) is 0 Å². The fourth-order valence-electron chi connectivity index (χ4n) is 1.89. The molecule has 0 fully saturated rings. The lowest BCUT2D eigenvalue weighted by Gasteiger charge is -2.18. The van der Waals surface area contributed by atoms with Crippen LogP contribution >= 0.6 is 0 Å². The van der Waals surface area contributed by atoms with E-state index in [0.29, 0.717) is 17.9 Å². The number of furan rings is 1. The van der Waals surface area contributed by atoms with Crippen LogP contribution in [0.15, 0.2) is 34.7 Å². The predicted molar refractivity (Wildman–Crippen MR) is 68.1 cm³/mol. The molecule has 3 heteroatoms. The SMILES string of the molecule is Cc1ccc(N(C)c2ccc(C=O)o2)c(C)c1. The largest absolute Gasteiger partial charge is 0.437 e. The molecule has 3 nitrogen and oxygen atoms in total. The Balaban J connectivity index is 2.36. The van der Waals surface area contributed by atoms with Crippen LogP contribution in [0.3, 0.4) is 0 Å². The van der Waals surface area contributed by atoms with Crippen molar-refractivity contribution >= 4 is 17.9 Å². The molecule has 2 rings (SSSR count). The summed E-state index contributed by atoms with van der Waals surface area (Å²) in [5.41, 5.74) is 3.48. The molecule has 1 aromatic heterocycles. The lowest BCUT2D eigenvalue weighted by molar-refractivity contribution is 0.110. The van der Waals surface area contributed by atoms with Gasteiger partial charge >= 0.3 is 0 Å². The summed E-state index contributed by atoms with van der Waals surface area (Å²) in [4.78, 5) is 12.5. The van der Waals surface area contributed by atoms with Crippen LogP contribution in [0.2, 0.25) is 0 Å². The molecule has 0 aliphatic heterocycles. The minimum Gasteiger partial charge on any atom is -0.437 e. The second kappa shape index (κ2) is 4.45. The molecular weight excluding hydrogens is 214 g/mol. The summed E-state index contributed by atoms with van der Waals surface area (Å²) < 4.78 is 5.39. The number of carbonyl (C=O) groups is 1. The highest BCUT2D eigenvalue weighted by molar-refractivity contribution is 5.72. The van der Waals surface area contributed by atoms with Crippen molar-refractivity contribution in [3.8, 4) is 0 Å². The van der Waals surface area contributed by atoms with Gasteiger partial charge in [-0.3, -0.25) is 4.79 Å². The van der Waals surface area contributed by atoms with Crippen LogP contribution in [0.5, 0.6) is 0 Å². The Morgan fingerprint density at radius 2 is 1.94 bits per heavy atom. The van der Waals surface area contributed by atoms with E-state index >= 15 is 0 Å². The molecule has 1 aromatic carbocycles. The fraction of sp³-hybridized carbons (Fsp3) is 0.214. The van der Waals surface area contributed by atoms with Crippen molar-refractivity contribution in [3.63, 3.8) is 0 Å². The molecule has 0 saturated heterocycles. The van der Waals surface area contributed by atoms with Crippen LogP contribution in [0.4, 0.5) is 11.6 Å². The maximum atomic E-state index is 10.6. The van der Waals surface area contributed by atoms with Crippen molar-refractivity contribution in [2.45, 2.75) is 13.8 Å². The lowest BCUT2D eigenvalue weighted by Crippen LogP contribution is -2.09. The number of hydrogen-bond donors (Lipinski definition) is 0. The molecular formula is C14H15NO2. The van der Waals surface area contributed by atoms with E-state index in [2.05, 4.69) is 26.0 Å². The van der Waals surface area contributed by atoms with Crippen LogP contribution in [-0.2, 0) is 0 Å². The minimum atomic E-state index is 0.344. The highest BCUT2D eigenvalue weighted by Crippen LogP contribution is 2.28. The van der Waals surface area contributed by atoms with E-state index in [-0.39, 0.29) is 0 Å². The monoisotopic (exact) mass is 229 g/mol. The third-order valence-corrected chi connectivity index (χ3v) is 2.77. The molecule has 88 valence electrons. The van der Waals surface area contributed by atoms with E-state index in [9.17, 15) is 4.79 Å². The van der Waals surface area contributed by atoms with Gasteiger partial charge in [0.15, 0.2) is 17.9 Å². The topological polar surface area (TPSA) is 33.5 Å². The van der Waals surface area contributed by atoms with Gasteiger partial charge in [-0.25, -0.2) is 0 Å². The quantitative estimate of drug-likeness (QED) is 0.755. The molecule has 0 atom stereocenters. The minimum absolute atomic E-state index is 0.344. The van der Waals surface area contributed by atoms with E-state index in [1.165, 1.54) is 11.1 Å². The van der Waals surface area contributed by atoms with Crippen LogP contribution in [0.1, 0.15) is 21.7 Å². The number of aryl methyl sites for hydroxylation is 2. The first-order valence-electron chi connectivity index (χ1n) is 5.48. The van der Waals surface area contributed by atoms with Crippen LogP contribution in [0.25, 0.3) is 0 Å². The molecule has 0 radical (unpaired) electrons. The van der Waals surface area contributed by atoms with Crippen LogP contribution < -0.4 is 4.90 Å². The standard InChI is InChI=1S/C14H15NO2/c1-10-4-6-13(11(2)8-10)15(3)14-7-5-12(9-16)17-14/h4-9H,1-3H3. The summed E-state index contributed by atoms with van der Waals surface area (Å²) in [7, 11) is 1.92. The van der Waals surface area contributed by atoms with Gasteiger partial charge in [-0.15, -0.1) is 0 Å². The molecule has 0 unspecified atom stereocenters. The molecule has 0 N–H and O–H groups in total. The van der Waals surface area contributed by atoms with Gasteiger partial charge in [-0.1, -0.05) is 17.7 Å². The van der Waals surface area contributed by atoms with Gasteiger partial charge < -0.3 is 9.32 Å². The number of benzene rings is 1. The normalized spacial score (nSPS) is 10.3. The molecule has 2 aromatic rings. The first kappa shape index (κ1) is 11.5. The molecule has 0 bridgehead atoms. The van der Waals surface area contributed by atoms with Gasteiger partial charge in [-0.05, 0) is 31.5 Å². The number of hydrogen-bond acceptors (Lipinski definition) is 3. The maximum absolute atomic E-state index is 10.6. The van der Waals surface area contributed by atoms with Crippen molar-refractivity contribution < 1.29 is 9.21 Å². The van der Waals surface area contributed by atoms with E-state index in [4.69, 9.17) is 4.42 Å². The summed E-state index contributed by atoms with van der Waals surface area (Å²) >= 11 is 0. The van der Waals surface area contributed by atoms with Gasteiger partial charge in [0, 0.05) is 18.8 Å². The van der Waals surface area contributed by atoms with Crippen molar-refractivity contribution in [1.82, 2.24) is 0 Å². The summed E-state index contributed by atoms with van der Waals surface area (Å²) in [6, 6.07) is 9.69. The number of nitrogens with zero attached hydrogens (tertiary/aromatic N) is 1. The Morgan fingerprint density at radius 1 is 1.18 bits per heavy atom. The van der Waals surface area contributed by atoms with Crippen molar-refractivity contribution in [3.05, 3.63) is 47.2 Å². The predicted octanol–water partition coefficient (Wildman–Crippen LogP) is 3.48. The zero-order valence-electron chi connectivity index (χ0n) is 10.2. The molecule has 17 heavy (non-hydrogen) atoms. The maximum Gasteiger partial charge on any atom is 0.200 e. The fourth-order valence-corrected chi connectivity index (χ4v) is 1.89. The zero-order valence-corrected chi connectivity index (χ0v) is 10.2. The van der Waals surface area contributed by atoms with Crippen molar-refractivity contribution in [2.75, 3.05) is 11.9 Å². The summed E-state index contributed by atoms with van der Waals surface area (Å²) in [6.45, 7) is 4.12. The van der Waals surface area contributed by atoms with E-state index in [1.807, 2.05) is 18.0 Å². The Kier molecular flexibility index (Phi) is 3.00. The Morgan fingerprint density at radius 3 is 2.53 bits per heavy atom. The molecule has 0 saturated carbocycles. The van der Waals surface area contributed by atoms with Gasteiger partial charge in [0.1, 0.15) is 0 Å². The molecule has 0 aliphatic carbocycles. The summed E-state index contributed by atoms with van der Waals surface area (Å²) in [5.74, 6) is 1.01. The molecule has 1 heterocycles. The van der Waals surface area contributed by atoms with Crippen molar-refractivity contribution in [1.29, 1.82) is 0 Å². The third-order valence-electron chi connectivity index (χ3n) is 2.77. The average Bonchev–Trinajstić information content (AvgIpc) is 2.76. The van der Waals surface area contributed by atoms with Gasteiger partial charge in [-0.2, -0.15) is 0 Å². The second-order valence-corrected chi connectivity index (χ2v) is 4.14. The van der Waals surface area contributed by atoms with Gasteiger partial charge in [0.25, 0.3) is 0 Å². The van der Waals surface area contributed by atoms with E-state index in [0.717, 1.165) is 5.69 Å². The molecule has 0 aliphatic rings.